The summed E-state index contributed by atoms with van der Waals surface area (Å²) in [5.41, 5.74) is 0. The van der Waals surface area contributed by atoms with Crippen LogP contribution < -0.4 is 10.6 Å². The molecule has 1 aromatic heterocycles. The first kappa shape index (κ1) is 12.2. The van der Waals surface area contributed by atoms with E-state index in [0.29, 0.717) is 6.04 Å². The number of hydrogen-bond donors (Lipinski definition) is 2. The van der Waals surface area contributed by atoms with Crippen LogP contribution in [-0.2, 0) is 0 Å². The van der Waals surface area contributed by atoms with Crippen molar-refractivity contribution in [2.24, 2.45) is 0 Å². The van der Waals surface area contributed by atoms with Gasteiger partial charge in [-0.2, -0.15) is 0 Å². The minimum atomic E-state index is -0.646. The minimum Gasteiger partial charge on any atom is -0.365 e. The maximum absolute atomic E-state index is 13.4. The van der Waals surface area contributed by atoms with Crippen molar-refractivity contribution in [2.75, 3.05) is 12.4 Å². The molecule has 2 N–H and O–H groups in total. The molecule has 0 unspecified atom stereocenters. The molecule has 1 aliphatic rings. The second-order valence-corrected chi connectivity index (χ2v) is 4.47. The molecule has 0 radical (unpaired) electrons. The fourth-order valence-corrected chi connectivity index (χ4v) is 2.24. The predicted molar refractivity (Wildman–Crippen MR) is 62.9 cm³/mol. The van der Waals surface area contributed by atoms with Crippen LogP contribution in [0, 0.1) is 11.6 Å². The van der Waals surface area contributed by atoms with Gasteiger partial charge in [0, 0.05) is 18.2 Å². The van der Waals surface area contributed by atoms with Crippen LogP contribution in [0.25, 0.3) is 0 Å². The Balaban J connectivity index is 1.93. The zero-order chi connectivity index (χ0) is 12.3. The van der Waals surface area contributed by atoms with Crippen molar-refractivity contribution in [3.8, 4) is 0 Å². The van der Waals surface area contributed by atoms with Gasteiger partial charge in [-0.15, -0.1) is 0 Å². The Labute approximate surface area is 99.6 Å². The second kappa shape index (κ2) is 5.40. The normalized spacial score (nSPS) is 24.6. The van der Waals surface area contributed by atoms with Gasteiger partial charge in [0.25, 0.3) is 0 Å². The summed E-state index contributed by atoms with van der Waals surface area (Å²) in [5.74, 6) is -1.12. The lowest BCUT2D eigenvalue weighted by Gasteiger charge is -2.29. The number of aromatic nitrogens is 1. The topological polar surface area (TPSA) is 37.0 Å². The summed E-state index contributed by atoms with van der Waals surface area (Å²) in [6, 6.07) is 1.64. The maximum Gasteiger partial charge on any atom is 0.168 e. The van der Waals surface area contributed by atoms with Gasteiger partial charge in [0.15, 0.2) is 11.6 Å². The van der Waals surface area contributed by atoms with Crippen molar-refractivity contribution < 1.29 is 8.78 Å². The van der Waals surface area contributed by atoms with Crippen LogP contribution in [0.2, 0.25) is 0 Å². The van der Waals surface area contributed by atoms with Gasteiger partial charge in [-0.3, -0.25) is 0 Å². The van der Waals surface area contributed by atoms with Crippen LogP contribution >= 0.6 is 0 Å². The molecule has 0 atom stereocenters. The van der Waals surface area contributed by atoms with Crippen molar-refractivity contribution >= 4 is 5.82 Å². The number of hydrogen-bond acceptors (Lipinski definition) is 3. The standard InChI is InChI=1S/C12H17F2N3/c1-15-9-2-4-10(5-3-9)17-12-11(14)6-8(13)7-16-12/h6-7,9-10,15H,2-5H2,1H3,(H,16,17). The van der Waals surface area contributed by atoms with Crippen molar-refractivity contribution in [3.63, 3.8) is 0 Å². The summed E-state index contributed by atoms with van der Waals surface area (Å²) in [4.78, 5) is 3.73. The highest BCUT2D eigenvalue weighted by atomic mass is 19.1. The van der Waals surface area contributed by atoms with Crippen molar-refractivity contribution in [1.82, 2.24) is 10.3 Å². The summed E-state index contributed by atoms with van der Waals surface area (Å²) < 4.78 is 26.1. The Morgan fingerprint density at radius 1 is 1.18 bits per heavy atom. The number of nitrogens with one attached hydrogen (secondary N) is 2. The van der Waals surface area contributed by atoms with Crippen LogP contribution in [0.4, 0.5) is 14.6 Å². The van der Waals surface area contributed by atoms with E-state index in [9.17, 15) is 8.78 Å². The van der Waals surface area contributed by atoms with Crippen LogP contribution in [0.5, 0.6) is 0 Å². The van der Waals surface area contributed by atoms with Gasteiger partial charge in [-0.05, 0) is 32.7 Å². The van der Waals surface area contributed by atoms with E-state index in [2.05, 4.69) is 15.6 Å². The average molecular weight is 241 g/mol. The van der Waals surface area contributed by atoms with E-state index in [-0.39, 0.29) is 11.9 Å². The summed E-state index contributed by atoms with van der Waals surface area (Å²) in [7, 11) is 1.96. The van der Waals surface area contributed by atoms with Crippen molar-refractivity contribution in [2.45, 2.75) is 37.8 Å². The van der Waals surface area contributed by atoms with Crippen LogP contribution in [0.15, 0.2) is 12.3 Å². The second-order valence-electron chi connectivity index (χ2n) is 4.47. The van der Waals surface area contributed by atoms with E-state index in [1.165, 1.54) is 0 Å². The van der Waals surface area contributed by atoms with Gasteiger partial charge < -0.3 is 10.6 Å². The molecule has 0 aromatic carbocycles. The van der Waals surface area contributed by atoms with E-state index >= 15 is 0 Å². The molecule has 0 amide bonds. The monoisotopic (exact) mass is 241 g/mol. The molecule has 0 bridgehead atoms. The fraction of sp³-hybridized carbons (Fsp3) is 0.583. The molecule has 1 fully saturated rings. The van der Waals surface area contributed by atoms with Gasteiger partial charge >= 0.3 is 0 Å². The number of halogens is 2. The Bertz CT molecular complexity index is 376. The molecule has 1 aliphatic carbocycles. The predicted octanol–water partition coefficient (Wildman–Crippen LogP) is 2.30. The molecule has 94 valence electrons. The van der Waals surface area contributed by atoms with E-state index in [1.807, 2.05) is 7.05 Å². The van der Waals surface area contributed by atoms with Gasteiger partial charge in [0.1, 0.15) is 5.82 Å². The van der Waals surface area contributed by atoms with Crippen LogP contribution in [0.1, 0.15) is 25.7 Å². The number of pyridine rings is 1. The molecule has 1 heterocycles. The van der Waals surface area contributed by atoms with Crippen LogP contribution in [-0.4, -0.2) is 24.1 Å². The van der Waals surface area contributed by atoms with Gasteiger partial charge in [-0.25, -0.2) is 13.8 Å². The summed E-state index contributed by atoms with van der Waals surface area (Å²) >= 11 is 0. The van der Waals surface area contributed by atoms with Gasteiger partial charge in [0.2, 0.25) is 0 Å². The molecule has 2 rings (SSSR count). The first-order chi connectivity index (χ1) is 8.19. The van der Waals surface area contributed by atoms with Crippen LogP contribution in [0.3, 0.4) is 0 Å². The molecule has 1 saturated carbocycles. The molecular weight excluding hydrogens is 224 g/mol. The van der Waals surface area contributed by atoms with Gasteiger partial charge in [0.05, 0.1) is 6.20 Å². The quantitative estimate of drug-likeness (QED) is 0.852. The first-order valence-electron chi connectivity index (χ1n) is 5.94. The third-order valence-corrected chi connectivity index (χ3v) is 3.28. The van der Waals surface area contributed by atoms with E-state index in [4.69, 9.17) is 0 Å². The lowest BCUT2D eigenvalue weighted by molar-refractivity contribution is 0.370. The summed E-state index contributed by atoms with van der Waals surface area (Å²) in [6.45, 7) is 0. The van der Waals surface area contributed by atoms with E-state index in [0.717, 1.165) is 37.9 Å². The highest BCUT2D eigenvalue weighted by Gasteiger charge is 2.20. The number of nitrogens with zero attached hydrogens (tertiary/aromatic N) is 1. The van der Waals surface area contributed by atoms with E-state index < -0.39 is 11.6 Å². The molecule has 5 heteroatoms. The maximum atomic E-state index is 13.4. The lowest BCUT2D eigenvalue weighted by Crippen LogP contribution is -2.35. The smallest absolute Gasteiger partial charge is 0.168 e. The summed E-state index contributed by atoms with van der Waals surface area (Å²) in [5, 5.41) is 6.28. The Morgan fingerprint density at radius 3 is 2.41 bits per heavy atom. The molecule has 17 heavy (non-hydrogen) atoms. The highest BCUT2D eigenvalue weighted by molar-refractivity contribution is 5.37. The average Bonchev–Trinajstić information content (AvgIpc) is 2.34. The zero-order valence-electron chi connectivity index (χ0n) is 9.84. The molecule has 3 nitrogen and oxygen atoms in total. The Morgan fingerprint density at radius 2 is 1.82 bits per heavy atom. The number of anilines is 1. The Kier molecular flexibility index (Phi) is 3.89. The minimum absolute atomic E-state index is 0.152. The van der Waals surface area contributed by atoms with Gasteiger partial charge in [-0.1, -0.05) is 0 Å². The third kappa shape index (κ3) is 3.12. The van der Waals surface area contributed by atoms with E-state index in [1.54, 1.807) is 0 Å². The SMILES string of the molecule is CNC1CCC(Nc2ncc(F)cc2F)CC1. The summed E-state index contributed by atoms with van der Waals surface area (Å²) in [6.07, 6.45) is 5.12. The molecular formula is C12H17F2N3. The zero-order valence-corrected chi connectivity index (χ0v) is 9.84. The Hall–Kier alpha value is -1.23. The molecule has 0 spiro atoms. The van der Waals surface area contributed by atoms with Crippen molar-refractivity contribution in [1.29, 1.82) is 0 Å². The van der Waals surface area contributed by atoms with Crippen molar-refractivity contribution in [3.05, 3.63) is 23.9 Å². The lowest BCUT2D eigenvalue weighted by atomic mass is 9.91. The third-order valence-electron chi connectivity index (χ3n) is 3.28. The number of rotatable bonds is 3. The fourth-order valence-electron chi connectivity index (χ4n) is 2.24. The molecule has 0 aliphatic heterocycles. The highest BCUT2D eigenvalue weighted by Crippen LogP contribution is 2.22. The molecule has 0 saturated heterocycles. The largest absolute Gasteiger partial charge is 0.365 e. The molecule has 1 aromatic rings. The first-order valence-corrected chi connectivity index (χ1v) is 5.94.